The van der Waals surface area contributed by atoms with Crippen LogP contribution in [0.1, 0.15) is 12.8 Å². The summed E-state index contributed by atoms with van der Waals surface area (Å²) >= 11 is 1.55. The number of benzene rings is 1. The van der Waals surface area contributed by atoms with Gasteiger partial charge in [-0.25, -0.2) is 9.67 Å². The molecule has 4 rings (SSSR count). The molecule has 2 aromatic heterocycles. The van der Waals surface area contributed by atoms with Crippen LogP contribution in [0.4, 0.5) is 11.5 Å². The van der Waals surface area contributed by atoms with Crippen LogP contribution in [0.15, 0.2) is 29.9 Å². The number of nitrogens with zero attached hydrogens (tertiary/aromatic N) is 4. The second-order valence-electron chi connectivity index (χ2n) is 5.65. The maximum atomic E-state index is 12.1. The summed E-state index contributed by atoms with van der Waals surface area (Å²) in [5.41, 5.74) is 3.30. The van der Waals surface area contributed by atoms with Crippen LogP contribution in [0, 0.1) is 5.92 Å². The van der Waals surface area contributed by atoms with Gasteiger partial charge in [0.25, 0.3) is 0 Å². The highest BCUT2D eigenvalue weighted by Crippen LogP contribution is 2.29. The minimum Gasteiger partial charge on any atom is -0.324 e. The molecule has 3 aromatic rings. The Morgan fingerprint density at radius 3 is 3.00 bits per heavy atom. The highest BCUT2D eigenvalue weighted by molar-refractivity contribution is 7.16. The Morgan fingerprint density at radius 2 is 2.17 bits per heavy atom. The molecule has 9 heteroatoms. The summed E-state index contributed by atoms with van der Waals surface area (Å²) in [7, 11) is 0. The molecule has 1 aliphatic rings. The molecule has 2 N–H and O–H groups in total. The van der Waals surface area contributed by atoms with Crippen molar-refractivity contribution in [1.29, 1.82) is 0 Å². The predicted octanol–water partition coefficient (Wildman–Crippen LogP) is 1.87. The Labute approximate surface area is 140 Å². The van der Waals surface area contributed by atoms with Gasteiger partial charge >= 0.3 is 0 Å². The van der Waals surface area contributed by atoms with Crippen LogP contribution in [-0.2, 0) is 16.1 Å². The molecule has 2 heterocycles. The van der Waals surface area contributed by atoms with Crippen molar-refractivity contribution in [2.45, 2.75) is 19.4 Å². The van der Waals surface area contributed by atoms with E-state index >= 15 is 0 Å². The second kappa shape index (κ2) is 6.00. The van der Waals surface area contributed by atoms with E-state index in [4.69, 9.17) is 0 Å². The van der Waals surface area contributed by atoms with Crippen molar-refractivity contribution in [2.24, 2.45) is 5.92 Å². The zero-order chi connectivity index (χ0) is 16.5. The van der Waals surface area contributed by atoms with E-state index in [1.807, 2.05) is 18.2 Å². The number of carbonyl (C=O) groups excluding carboxylic acids is 2. The van der Waals surface area contributed by atoms with E-state index < -0.39 is 0 Å². The molecule has 122 valence electrons. The minimum atomic E-state index is -0.227. The molecule has 0 spiro atoms. The first kappa shape index (κ1) is 14.8. The molecule has 0 unspecified atom stereocenters. The van der Waals surface area contributed by atoms with Crippen molar-refractivity contribution < 1.29 is 9.59 Å². The van der Waals surface area contributed by atoms with Crippen molar-refractivity contribution in [1.82, 2.24) is 20.0 Å². The van der Waals surface area contributed by atoms with Crippen molar-refractivity contribution in [2.75, 3.05) is 10.6 Å². The largest absolute Gasteiger partial charge is 0.324 e. The zero-order valence-electron chi connectivity index (χ0n) is 12.6. The van der Waals surface area contributed by atoms with Gasteiger partial charge in [0.05, 0.1) is 21.9 Å². The number of rotatable bonds is 5. The molecule has 1 fully saturated rings. The third-order valence-corrected chi connectivity index (χ3v) is 4.47. The van der Waals surface area contributed by atoms with Crippen molar-refractivity contribution in [3.05, 3.63) is 29.9 Å². The molecule has 1 aliphatic carbocycles. The van der Waals surface area contributed by atoms with Gasteiger partial charge in [-0.2, -0.15) is 0 Å². The molecule has 0 atom stereocenters. The fourth-order valence-corrected chi connectivity index (χ4v) is 2.95. The molecule has 0 bridgehead atoms. The number of carbonyl (C=O) groups is 2. The third kappa shape index (κ3) is 3.25. The fraction of sp³-hybridized carbons (Fsp3) is 0.267. The van der Waals surface area contributed by atoms with E-state index in [9.17, 15) is 9.59 Å². The Kier molecular flexibility index (Phi) is 3.69. The van der Waals surface area contributed by atoms with E-state index in [1.165, 1.54) is 4.68 Å². The van der Waals surface area contributed by atoms with E-state index in [0.717, 1.165) is 23.1 Å². The van der Waals surface area contributed by atoms with Crippen LogP contribution < -0.4 is 10.6 Å². The third-order valence-electron chi connectivity index (χ3n) is 3.66. The highest BCUT2D eigenvalue weighted by Gasteiger charge is 2.30. The smallest absolute Gasteiger partial charge is 0.246 e. The van der Waals surface area contributed by atoms with Crippen LogP contribution in [0.2, 0.25) is 0 Å². The average molecular weight is 342 g/mol. The number of amides is 2. The molecule has 0 saturated heterocycles. The van der Waals surface area contributed by atoms with Gasteiger partial charge in [0.1, 0.15) is 6.54 Å². The summed E-state index contributed by atoms with van der Waals surface area (Å²) < 4.78 is 2.46. The number of aromatic nitrogens is 4. The lowest BCUT2D eigenvalue weighted by molar-refractivity contribution is -0.117. The lowest BCUT2D eigenvalue weighted by Gasteiger charge is -2.04. The van der Waals surface area contributed by atoms with E-state index in [1.54, 1.807) is 23.0 Å². The van der Waals surface area contributed by atoms with E-state index in [0.29, 0.717) is 11.5 Å². The van der Waals surface area contributed by atoms with Gasteiger partial charge < -0.3 is 10.6 Å². The molecule has 0 aliphatic heterocycles. The van der Waals surface area contributed by atoms with Gasteiger partial charge in [-0.15, -0.1) is 16.4 Å². The highest BCUT2D eigenvalue weighted by atomic mass is 32.1. The minimum absolute atomic E-state index is 0.0153. The quantitative estimate of drug-likeness (QED) is 0.737. The summed E-state index contributed by atoms with van der Waals surface area (Å²) in [6, 6.07) is 5.58. The molecule has 0 radical (unpaired) electrons. The zero-order valence-corrected chi connectivity index (χ0v) is 13.4. The normalized spacial score (nSPS) is 13.8. The van der Waals surface area contributed by atoms with Crippen molar-refractivity contribution in [3.63, 3.8) is 0 Å². The lowest BCUT2D eigenvalue weighted by Crippen LogP contribution is -2.19. The summed E-state index contributed by atoms with van der Waals surface area (Å²) in [4.78, 5) is 28.0. The molecule has 2 amide bonds. The first-order chi connectivity index (χ1) is 11.7. The summed E-state index contributed by atoms with van der Waals surface area (Å²) in [5.74, 6) is 0.195. The molecular weight excluding hydrogens is 328 g/mol. The Balaban J connectivity index is 1.36. The summed E-state index contributed by atoms with van der Waals surface area (Å²) in [6.07, 6.45) is 3.39. The van der Waals surface area contributed by atoms with Crippen molar-refractivity contribution in [3.8, 4) is 0 Å². The van der Waals surface area contributed by atoms with Crippen LogP contribution in [0.5, 0.6) is 0 Å². The van der Waals surface area contributed by atoms with Crippen LogP contribution in [0.3, 0.4) is 0 Å². The topological polar surface area (TPSA) is 102 Å². The maximum Gasteiger partial charge on any atom is 0.246 e. The van der Waals surface area contributed by atoms with Crippen LogP contribution >= 0.6 is 11.3 Å². The predicted molar refractivity (Wildman–Crippen MR) is 89.6 cm³/mol. The lowest BCUT2D eigenvalue weighted by atomic mass is 10.3. The Bertz CT molecular complexity index is 913. The van der Waals surface area contributed by atoms with Gasteiger partial charge in [0, 0.05) is 11.6 Å². The number of nitrogens with one attached hydrogen (secondary N) is 2. The van der Waals surface area contributed by atoms with Gasteiger partial charge in [-0.1, -0.05) is 5.21 Å². The van der Waals surface area contributed by atoms with Crippen LogP contribution in [-0.4, -0.2) is 31.8 Å². The van der Waals surface area contributed by atoms with Gasteiger partial charge in [0.15, 0.2) is 5.82 Å². The number of thiazole rings is 1. The molecule has 1 aromatic carbocycles. The summed E-state index contributed by atoms with van der Waals surface area (Å²) in [6.45, 7) is 0.0153. The fourth-order valence-electron chi connectivity index (χ4n) is 2.29. The molecule has 8 nitrogen and oxygen atoms in total. The molecule has 24 heavy (non-hydrogen) atoms. The molecular formula is C15H14N6O2S. The number of hydrogen-bond acceptors (Lipinski definition) is 6. The maximum absolute atomic E-state index is 12.1. The Morgan fingerprint density at radius 1 is 1.29 bits per heavy atom. The second-order valence-corrected chi connectivity index (χ2v) is 6.53. The van der Waals surface area contributed by atoms with Gasteiger partial charge in [-0.3, -0.25) is 9.59 Å². The number of hydrogen-bond donors (Lipinski definition) is 2. The first-order valence-corrected chi connectivity index (χ1v) is 8.39. The SMILES string of the molecule is O=C(Cn1cc(NC(=O)C2CC2)nn1)Nc1ccc2scnc2c1. The van der Waals surface area contributed by atoms with Gasteiger partial charge in [-0.05, 0) is 31.0 Å². The monoisotopic (exact) mass is 342 g/mol. The van der Waals surface area contributed by atoms with E-state index in [-0.39, 0.29) is 24.3 Å². The first-order valence-electron chi connectivity index (χ1n) is 7.51. The number of fused-ring (bicyclic) bond motifs is 1. The van der Waals surface area contributed by atoms with Gasteiger partial charge in [0.2, 0.25) is 11.8 Å². The van der Waals surface area contributed by atoms with Crippen LogP contribution in [0.25, 0.3) is 10.2 Å². The molecule has 1 saturated carbocycles. The van der Waals surface area contributed by atoms with E-state index in [2.05, 4.69) is 25.9 Å². The average Bonchev–Trinajstić information content (AvgIpc) is 3.16. The number of anilines is 2. The summed E-state index contributed by atoms with van der Waals surface area (Å²) in [5, 5.41) is 13.2. The Hall–Kier alpha value is -2.81. The standard InChI is InChI=1S/C15H14N6O2S/c22-14(17-10-3-4-12-11(5-10)16-8-24-12)7-21-6-13(19-20-21)18-15(23)9-1-2-9/h3-6,8-9H,1-2,7H2,(H,17,22)(H,18,23). The van der Waals surface area contributed by atoms with Crippen molar-refractivity contribution >= 4 is 44.9 Å².